The Morgan fingerprint density at radius 1 is 0.417 bits per heavy atom. The van der Waals surface area contributed by atoms with Crippen molar-refractivity contribution in [2.75, 3.05) is 0 Å². The van der Waals surface area contributed by atoms with Crippen LogP contribution in [0.25, 0.3) is 92.5 Å². The molecule has 84 heavy (non-hydrogen) atoms. The van der Waals surface area contributed by atoms with Gasteiger partial charge in [-0.2, -0.15) is 9.13 Å². The molecule has 0 saturated heterocycles. The van der Waals surface area contributed by atoms with Crippen LogP contribution in [-0.2, 0) is 32.5 Å². The summed E-state index contributed by atoms with van der Waals surface area (Å²) < 4.78 is 16.8. The van der Waals surface area contributed by atoms with Crippen LogP contribution in [0, 0.1) is 0 Å². The van der Waals surface area contributed by atoms with Gasteiger partial charge in [-0.15, -0.1) is 11.3 Å². The summed E-state index contributed by atoms with van der Waals surface area (Å²) in [5.74, 6) is 2.39. The zero-order valence-electron chi connectivity index (χ0n) is 52.8. The van der Waals surface area contributed by atoms with Gasteiger partial charge >= 0.3 is 0 Å². The Labute approximate surface area is 502 Å². The van der Waals surface area contributed by atoms with E-state index in [1.54, 1.807) is 0 Å². The Morgan fingerprint density at radius 3 is 1.55 bits per heavy atom. The highest BCUT2D eigenvalue weighted by Gasteiger charge is 2.32. The van der Waals surface area contributed by atoms with Gasteiger partial charge in [0.15, 0.2) is 11.0 Å². The molecule has 0 aliphatic carbocycles. The molecule has 426 valence electrons. The molecule has 0 atom stereocenters. The zero-order valence-corrected chi connectivity index (χ0v) is 53.7. The molecule has 0 N–H and O–H groups in total. The summed E-state index contributed by atoms with van der Waals surface area (Å²) in [5, 5.41) is 4.86. The van der Waals surface area contributed by atoms with E-state index in [2.05, 4.69) is 308 Å². The predicted octanol–water partition coefficient (Wildman–Crippen LogP) is 21.7. The van der Waals surface area contributed by atoms with Crippen molar-refractivity contribution in [1.29, 1.82) is 0 Å². The van der Waals surface area contributed by atoms with Crippen LogP contribution in [-0.4, -0.2) is 14.1 Å². The summed E-state index contributed by atoms with van der Waals surface area (Å²) in [7, 11) is 0. The van der Waals surface area contributed by atoms with E-state index in [-0.39, 0.29) is 32.5 Å². The molecule has 0 fully saturated rings. The van der Waals surface area contributed by atoms with Crippen molar-refractivity contribution in [3.05, 3.63) is 210 Å². The van der Waals surface area contributed by atoms with E-state index in [0.717, 1.165) is 56.1 Å². The van der Waals surface area contributed by atoms with Gasteiger partial charge in [0.2, 0.25) is 0 Å². The Kier molecular flexibility index (Phi) is 13.4. The molecule has 5 nitrogen and oxygen atoms in total. The number of thiophene rings is 1. The van der Waals surface area contributed by atoms with E-state index < -0.39 is 0 Å². The standard InChI is InChI=1S/C78H83N4OS/c1-73(2,3)50-34-35-79-69(44-50)82-66-46-58(30-31-59(66)60-32-33-68-70(72(60)82)61-26-19-22-29-67(61)84-68)83-57-25-23-24-56(45-57)80-47-81(65-28-21-20-27-64(65)80)71-62(48-36-51(74(4,5)6)40-52(37-48)75(7,8)9)42-55(78(16,17)18)43-63(71)49-38-53(76(10,11)12)41-54(39-49)77(13,14)15/h19-47H,1-18H3/q+1. The number of hydrogen-bond donors (Lipinski definition) is 0. The van der Waals surface area contributed by atoms with Crippen LogP contribution in [0.4, 0.5) is 0 Å². The number of ether oxygens (including phenoxy) is 1. The first-order valence-electron chi connectivity index (χ1n) is 30.1. The van der Waals surface area contributed by atoms with E-state index >= 15 is 0 Å². The van der Waals surface area contributed by atoms with Crippen molar-refractivity contribution in [3.8, 4) is 50.9 Å². The first-order valence-corrected chi connectivity index (χ1v) is 30.9. The fraction of sp³-hybridized carbons (Fsp3) is 0.308. The van der Waals surface area contributed by atoms with Crippen LogP contribution in [0.15, 0.2) is 176 Å². The number of imidazole rings is 1. The van der Waals surface area contributed by atoms with Crippen LogP contribution in [0.1, 0.15) is 158 Å². The second-order valence-corrected chi connectivity index (χ2v) is 30.9. The lowest BCUT2D eigenvalue weighted by Gasteiger charge is -2.29. The quantitative estimate of drug-likeness (QED) is 0.149. The molecule has 12 aromatic rings. The van der Waals surface area contributed by atoms with Crippen molar-refractivity contribution in [2.24, 2.45) is 0 Å². The molecule has 4 heterocycles. The fourth-order valence-electron chi connectivity index (χ4n) is 12.0. The van der Waals surface area contributed by atoms with Crippen LogP contribution >= 0.6 is 11.3 Å². The van der Waals surface area contributed by atoms with Gasteiger partial charge in [0.1, 0.15) is 28.7 Å². The third kappa shape index (κ3) is 10.3. The fourth-order valence-corrected chi connectivity index (χ4v) is 13.1. The maximum atomic E-state index is 7.06. The summed E-state index contributed by atoms with van der Waals surface area (Å²) in [5.41, 5.74) is 18.7. The molecule has 0 unspecified atom stereocenters. The second-order valence-electron chi connectivity index (χ2n) is 29.8. The number of aromatic nitrogens is 4. The number of pyridine rings is 1. The second kappa shape index (κ2) is 19.9. The topological polar surface area (TPSA) is 35.9 Å². The van der Waals surface area contributed by atoms with E-state index in [4.69, 9.17) is 9.72 Å². The monoisotopic (exact) mass is 1120 g/mol. The molecule has 4 aromatic heterocycles. The van der Waals surface area contributed by atoms with Crippen molar-refractivity contribution in [3.63, 3.8) is 0 Å². The van der Waals surface area contributed by atoms with Gasteiger partial charge in [-0.3, -0.25) is 4.57 Å². The minimum atomic E-state index is -0.148. The minimum absolute atomic E-state index is 0.0612. The van der Waals surface area contributed by atoms with Gasteiger partial charge in [0, 0.05) is 60.4 Å². The van der Waals surface area contributed by atoms with Crippen molar-refractivity contribution >= 4 is 64.3 Å². The van der Waals surface area contributed by atoms with Crippen molar-refractivity contribution in [2.45, 2.75) is 157 Å². The van der Waals surface area contributed by atoms with E-state index in [1.165, 1.54) is 81.2 Å². The minimum Gasteiger partial charge on any atom is -0.457 e. The SMILES string of the molecule is CC(C)(C)c1cc(-c2cc(C(C)(C)C)cc(-c3cc(C(C)(C)C)cc(C(C)(C)C)c3)c2-[n+]2cn(-c3cccc(Oc4ccc5c6ccc7sc8ccccc8c7c6n(-c6cc(C(C)(C)C)ccn6)c5c4)c3)c3ccccc32)cc(C(C)(C)C)c1. The molecule has 0 aliphatic heterocycles. The molecular weight excluding hydrogens is 1040 g/mol. The van der Waals surface area contributed by atoms with Gasteiger partial charge in [0.05, 0.1) is 11.0 Å². The van der Waals surface area contributed by atoms with Gasteiger partial charge in [-0.1, -0.05) is 203 Å². The van der Waals surface area contributed by atoms with Gasteiger partial charge in [0.25, 0.3) is 6.33 Å². The summed E-state index contributed by atoms with van der Waals surface area (Å²) >= 11 is 1.85. The zero-order chi connectivity index (χ0) is 59.8. The highest BCUT2D eigenvalue weighted by Crippen LogP contribution is 2.47. The lowest BCUT2D eigenvalue weighted by molar-refractivity contribution is -0.566. The summed E-state index contributed by atoms with van der Waals surface area (Å²) in [6, 6.07) is 61.5. The summed E-state index contributed by atoms with van der Waals surface area (Å²) in [6.07, 6.45) is 4.28. The predicted molar refractivity (Wildman–Crippen MR) is 359 cm³/mol. The molecule has 0 saturated carbocycles. The molecule has 0 radical (unpaired) electrons. The molecular formula is C78H83N4OS+. The smallest absolute Gasteiger partial charge is 0.255 e. The Hall–Kier alpha value is -7.80. The molecule has 0 aliphatic rings. The number of para-hydroxylation sites is 2. The molecule has 0 bridgehead atoms. The van der Waals surface area contributed by atoms with Crippen molar-refractivity contribution in [1.82, 2.24) is 14.1 Å². The Morgan fingerprint density at radius 2 is 0.952 bits per heavy atom. The lowest BCUT2D eigenvalue weighted by Crippen LogP contribution is -2.31. The van der Waals surface area contributed by atoms with Gasteiger partial charge in [-0.05, 0) is 150 Å². The van der Waals surface area contributed by atoms with E-state index in [9.17, 15) is 0 Å². The van der Waals surface area contributed by atoms with Crippen molar-refractivity contribution < 1.29 is 9.30 Å². The highest BCUT2D eigenvalue weighted by atomic mass is 32.1. The largest absolute Gasteiger partial charge is 0.457 e. The first-order chi connectivity index (χ1) is 39.4. The first kappa shape index (κ1) is 56.7. The van der Waals surface area contributed by atoms with Crippen LogP contribution in [0.2, 0.25) is 0 Å². The van der Waals surface area contributed by atoms with Crippen LogP contribution in [0.3, 0.4) is 0 Å². The normalized spacial score (nSPS) is 13.1. The third-order valence-corrected chi connectivity index (χ3v) is 18.3. The molecule has 6 heteroatoms. The average Bonchev–Trinajstić information content (AvgIpc) is 1.74. The number of fused-ring (bicyclic) bond motifs is 8. The number of benzene rings is 8. The Balaban J connectivity index is 1.07. The maximum Gasteiger partial charge on any atom is 0.255 e. The summed E-state index contributed by atoms with van der Waals surface area (Å²) in [6.45, 7) is 42.0. The molecule has 12 rings (SSSR count). The average molecular weight is 1120 g/mol. The highest BCUT2D eigenvalue weighted by molar-refractivity contribution is 7.26. The molecule has 0 amide bonds. The number of rotatable bonds is 7. The van der Waals surface area contributed by atoms with Gasteiger partial charge < -0.3 is 4.74 Å². The van der Waals surface area contributed by atoms with E-state index in [1.807, 2.05) is 17.5 Å². The molecule has 8 aromatic carbocycles. The Bertz CT molecular complexity index is 4410. The third-order valence-electron chi connectivity index (χ3n) is 17.2. The van der Waals surface area contributed by atoms with E-state index in [0.29, 0.717) is 0 Å². The number of nitrogens with zero attached hydrogens (tertiary/aromatic N) is 4. The maximum absolute atomic E-state index is 7.06. The molecule has 0 spiro atoms. The number of hydrogen-bond acceptors (Lipinski definition) is 3. The lowest BCUT2D eigenvalue weighted by atomic mass is 9.76. The summed E-state index contributed by atoms with van der Waals surface area (Å²) in [4.78, 5) is 5.11. The van der Waals surface area contributed by atoms with Crippen LogP contribution < -0.4 is 9.30 Å². The van der Waals surface area contributed by atoms with Crippen LogP contribution in [0.5, 0.6) is 11.5 Å². The van der Waals surface area contributed by atoms with Gasteiger partial charge in [-0.25, -0.2) is 4.98 Å².